The van der Waals surface area contributed by atoms with Crippen molar-refractivity contribution in [2.45, 2.75) is 37.8 Å². The molecule has 0 bridgehead atoms. The molecule has 0 spiro atoms. The fourth-order valence-corrected chi connectivity index (χ4v) is 6.74. The third-order valence-corrected chi connectivity index (χ3v) is 8.52. The molecule has 4 fully saturated rings. The van der Waals surface area contributed by atoms with Crippen molar-refractivity contribution in [1.82, 2.24) is 14.7 Å². The van der Waals surface area contributed by atoms with E-state index in [9.17, 15) is 19.2 Å². The predicted octanol–water partition coefficient (Wildman–Crippen LogP) is 2.43. The molecular weight excluding hydrogens is 470 g/mol. The van der Waals surface area contributed by atoms with E-state index in [0.29, 0.717) is 18.2 Å². The number of piperazine rings is 1. The number of hydrogen-bond donors (Lipinski definition) is 0. The number of imide groups is 1. The summed E-state index contributed by atoms with van der Waals surface area (Å²) in [6, 6.07) is 16.0. The van der Waals surface area contributed by atoms with Gasteiger partial charge in [-0.15, -0.1) is 0 Å². The van der Waals surface area contributed by atoms with Crippen LogP contribution in [0.15, 0.2) is 54.6 Å². The number of benzene rings is 2. The molecule has 1 saturated carbocycles. The van der Waals surface area contributed by atoms with Gasteiger partial charge in [-0.05, 0) is 48.9 Å². The molecule has 3 heterocycles. The summed E-state index contributed by atoms with van der Waals surface area (Å²) in [5.74, 6) is -1.82. The lowest BCUT2D eigenvalue weighted by atomic mass is 9.74. The van der Waals surface area contributed by atoms with Gasteiger partial charge in [0.2, 0.25) is 23.6 Å². The van der Waals surface area contributed by atoms with Gasteiger partial charge >= 0.3 is 0 Å². The SMILES string of the molecule is CCN1C(=O)[C@H]2[C@@H](c3ccc(OC)cc3)N3C(=O)CN(CC4CC4)C(=O)[C@@]3(Cc3ccccc3)[C@H]2C1=O. The Hall–Kier alpha value is -3.68. The van der Waals surface area contributed by atoms with Gasteiger partial charge < -0.3 is 14.5 Å². The van der Waals surface area contributed by atoms with E-state index in [1.54, 1.807) is 36.0 Å². The first-order chi connectivity index (χ1) is 17.9. The van der Waals surface area contributed by atoms with E-state index in [4.69, 9.17) is 4.74 Å². The number of likely N-dealkylation sites (tertiary alicyclic amines) is 1. The average molecular weight is 502 g/mol. The van der Waals surface area contributed by atoms with E-state index in [2.05, 4.69) is 0 Å². The summed E-state index contributed by atoms with van der Waals surface area (Å²) in [4.78, 5) is 60.8. The Morgan fingerprint density at radius 2 is 1.65 bits per heavy atom. The number of nitrogens with zero attached hydrogens (tertiary/aromatic N) is 3. The number of carbonyl (C=O) groups is 4. The second-order valence-electron chi connectivity index (χ2n) is 10.6. The summed E-state index contributed by atoms with van der Waals surface area (Å²) >= 11 is 0. The number of hydrogen-bond acceptors (Lipinski definition) is 5. The average Bonchev–Trinajstić information content (AvgIpc) is 3.62. The van der Waals surface area contributed by atoms with Crippen LogP contribution in [0.2, 0.25) is 0 Å². The third-order valence-electron chi connectivity index (χ3n) is 8.52. The number of fused-ring (bicyclic) bond motifs is 3. The molecule has 8 heteroatoms. The molecule has 8 nitrogen and oxygen atoms in total. The Bertz CT molecular complexity index is 1260. The number of methoxy groups -OCH3 is 1. The number of amides is 4. The zero-order valence-corrected chi connectivity index (χ0v) is 21.1. The van der Waals surface area contributed by atoms with Crippen LogP contribution in [-0.4, -0.2) is 70.6 Å². The monoisotopic (exact) mass is 501 g/mol. The van der Waals surface area contributed by atoms with Gasteiger partial charge in [0.25, 0.3) is 0 Å². The molecule has 0 N–H and O–H groups in total. The highest BCUT2D eigenvalue weighted by Crippen LogP contribution is 2.58. The van der Waals surface area contributed by atoms with Gasteiger partial charge in [0.1, 0.15) is 11.3 Å². The second-order valence-corrected chi connectivity index (χ2v) is 10.6. The van der Waals surface area contributed by atoms with Crippen molar-refractivity contribution < 1.29 is 23.9 Å². The lowest BCUT2D eigenvalue weighted by Crippen LogP contribution is -2.70. The highest BCUT2D eigenvalue weighted by atomic mass is 16.5. The summed E-state index contributed by atoms with van der Waals surface area (Å²) < 4.78 is 5.32. The van der Waals surface area contributed by atoms with E-state index >= 15 is 0 Å². The predicted molar refractivity (Wildman–Crippen MR) is 134 cm³/mol. The normalized spacial score (nSPS) is 29.1. The Morgan fingerprint density at radius 1 is 0.946 bits per heavy atom. The zero-order chi connectivity index (χ0) is 25.9. The molecule has 2 aromatic rings. The van der Waals surface area contributed by atoms with Crippen molar-refractivity contribution in [3.63, 3.8) is 0 Å². The molecule has 3 aliphatic heterocycles. The van der Waals surface area contributed by atoms with E-state index in [0.717, 1.165) is 24.0 Å². The molecular formula is C29H31N3O5. The molecule has 1 aliphatic carbocycles. The van der Waals surface area contributed by atoms with Crippen molar-refractivity contribution in [3.8, 4) is 5.75 Å². The molecule has 37 heavy (non-hydrogen) atoms. The Morgan fingerprint density at radius 3 is 2.27 bits per heavy atom. The van der Waals surface area contributed by atoms with Crippen LogP contribution < -0.4 is 4.74 Å². The van der Waals surface area contributed by atoms with Gasteiger partial charge in [0, 0.05) is 19.5 Å². The van der Waals surface area contributed by atoms with Gasteiger partial charge in [-0.25, -0.2) is 0 Å². The summed E-state index contributed by atoms with van der Waals surface area (Å²) in [5.41, 5.74) is 0.116. The van der Waals surface area contributed by atoms with Gasteiger partial charge in [0.05, 0.1) is 31.5 Å². The maximum atomic E-state index is 14.5. The van der Waals surface area contributed by atoms with Crippen molar-refractivity contribution in [2.75, 3.05) is 26.7 Å². The molecule has 0 unspecified atom stereocenters. The van der Waals surface area contributed by atoms with Crippen molar-refractivity contribution in [1.29, 1.82) is 0 Å². The minimum atomic E-state index is -1.46. The summed E-state index contributed by atoms with van der Waals surface area (Å²) in [6.45, 7) is 2.49. The van der Waals surface area contributed by atoms with Crippen LogP contribution in [-0.2, 0) is 25.6 Å². The second kappa shape index (κ2) is 8.71. The molecule has 0 aromatic heterocycles. The van der Waals surface area contributed by atoms with E-state index < -0.39 is 23.4 Å². The molecule has 192 valence electrons. The topological polar surface area (TPSA) is 87.2 Å². The van der Waals surface area contributed by atoms with Gasteiger partial charge in [-0.1, -0.05) is 42.5 Å². The minimum Gasteiger partial charge on any atom is -0.497 e. The third kappa shape index (κ3) is 3.49. The first-order valence-electron chi connectivity index (χ1n) is 13.0. The smallest absolute Gasteiger partial charge is 0.250 e. The molecule has 4 atom stereocenters. The standard InChI is InChI=1S/C29H31N3O5/c1-3-31-26(34)23-24(27(31)35)29(15-18-7-5-4-6-8-18)28(36)30(16-19-9-10-19)17-22(33)32(29)25(23)20-11-13-21(37-2)14-12-20/h4-8,11-14,19,23-25H,3,9-10,15-17H2,1-2H3/t23-,24-,25-,29-/m1/s1. The highest BCUT2D eigenvalue weighted by Gasteiger charge is 2.74. The van der Waals surface area contributed by atoms with Crippen LogP contribution in [0.3, 0.4) is 0 Å². The zero-order valence-electron chi connectivity index (χ0n) is 21.1. The number of ether oxygens (including phenoxy) is 1. The largest absolute Gasteiger partial charge is 0.497 e. The van der Waals surface area contributed by atoms with Crippen LogP contribution in [0.1, 0.15) is 36.9 Å². The maximum absolute atomic E-state index is 14.5. The van der Waals surface area contributed by atoms with E-state index in [1.807, 2.05) is 42.5 Å². The molecule has 2 aromatic carbocycles. The molecule has 6 rings (SSSR count). The highest BCUT2D eigenvalue weighted by molar-refractivity contribution is 6.13. The number of rotatable bonds is 7. The van der Waals surface area contributed by atoms with Gasteiger partial charge in [-0.3, -0.25) is 24.1 Å². The molecule has 4 aliphatic rings. The lowest BCUT2D eigenvalue weighted by Gasteiger charge is -2.49. The summed E-state index contributed by atoms with van der Waals surface area (Å²) in [5, 5.41) is 0. The maximum Gasteiger partial charge on any atom is 0.250 e. The van der Waals surface area contributed by atoms with Crippen molar-refractivity contribution in [2.24, 2.45) is 17.8 Å². The van der Waals surface area contributed by atoms with Crippen molar-refractivity contribution in [3.05, 3.63) is 65.7 Å². The molecule has 4 amide bonds. The van der Waals surface area contributed by atoms with E-state index in [-0.39, 0.29) is 43.1 Å². The Labute approximate surface area is 216 Å². The van der Waals surface area contributed by atoms with Crippen LogP contribution in [0.4, 0.5) is 0 Å². The van der Waals surface area contributed by atoms with Crippen LogP contribution in [0, 0.1) is 17.8 Å². The fourth-order valence-electron chi connectivity index (χ4n) is 6.74. The molecule has 3 saturated heterocycles. The summed E-state index contributed by atoms with van der Waals surface area (Å²) in [6.07, 6.45) is 2.26. The summed E-state index contributed by atoms with van der Waals surface area (Å²) in [7, 11) is 1.57. The van der Waals surface area contributed by atoms with Crippen LogP contribution in [0.5, 0.6) is 5.75 Å². The first kappa shape index (κ1) is 23.7. The van der Waals surface area contributed by atoms with Crippen molar-refractivity contribution >= 4 is 23.6 Å². The Balaban J connectivity index is 1.56. The van der Waals surface area contributed by atoms with E-state index in [1.165, 1.54) is 4.90 Å². The Kier molecular flexibility index (Phi) is 5.58. The lowest BCUT2D eigenvalue weighted by molar-refractivity contribution is -0.169. The van der Waals surface area contributed by atoms with Gasteiger partial charge in [-0.2, -0.15) is 0 Å². The first-order valence-corrected chi connectivity index (χ1v) is 13.0. The van der Waals surface area contributed by atoms with Gasteiger partial charge in [0.15, 0.2) is 0 Å². The van der Waals surface area contributed by atoms with Crippen LogP contribution >= 0.6 is 0 Å². The fraction of sp³-hybridized carbons (Fsp3) is 0.448. The number of carbonyl (C=O) groups excluding carboxylic acids is 4. The minimum absolute atomic E-state index is 0.0299. The quantitative estimate of drug-likeness (QED) is 0.544. The van der Waals surface area contributed by atoms with Crippen LogP contribution in [0.25, 0.3) is 0 Å². The molecule has 0 radical (unpaired) electrons.